The van der Waals surface area contributed by atoms with Crippen LogP contribution in [0.25, 0.3) is 5.70 Å². The molecule has 2 N–H and O–H groups in total. The zero-order valence-electron chi connectivity index (χ0n) is 17.1. The third kappa shape index (κ3) is 5.55. The standard InChI is InChI=1S/C23H30N4OS/c1-3-26(4-2)20-9-5-18(6-10-20)23(16-29)25-17-24-19-7-11-21(12-8-19)27-14-13-22(28)15-27/h5-12,16-17,22,28-29H,3-4,13-15H2,1-2H3,(H,24,25)/b23-16-. The molecule has 0 aliphatic carbocycles. The van der Waals surface area contributed by atoms with Crippen LogP contribution in [0.4, 0.5) is 17.1 Å². The van der Waals surface area contributed by atoms with Crippen LogP contribution >= 0.6 is 12.6 Å². The Hall–Kier alpha value is -2.44. The first kappa shape index (κ1) is 21.3. The van der Waals surface area contributed by atoms with Gasteiger partial charge in [0.05, 0.1) is 18.1 Å². The van der Waals surface area contributed by atoms with E-state index in [0.29, 0.717) is 6.54 Å². The molecule has 1 heterocycles. The minimum atomic E-state index is -0.215. The Balaban J connectivity index is 1.59. The Morgan fingerprint density at radius 3 is 2.41 bits per heavy atom. The van der Waals surface area contributed by atoms with Gasteiger partial charge in [-0.15, -0.1) is 12.6 Å². The second-order valence-electron chi connectivity index (χ2n) is 7.07. The molecule has 2 aromatic rings. The van der Waals surface area contributed by atoms with Crippen LogP contribution in [-0.2, 0) is 0 Å². The molecule has 2 aromatic carbocycles. The normalized spacial score (nSPS) is 17.2. The minimum Gasteiger partial charge on any atom is -0.391 e. The SMILES string of the molecule is CCN(CC)c1ccc(/C(=C/S)N=CNc2ccc(N3CCC(O)C3)cc2)cc1. The van der Waals surface area contributed by atoms with Gasteiger partial charge in [0.15, 0.2) is 0 Å². The fourth-order valence-corrected chi connectivity index (χ4v) is 3.75. The summed E-state index contributed by atoms with van der Waals surface area (Å²) in [5.74, 6) is 0. The van der Waals surface area contributed by atoms with E-state index in [1.165, 1.54) is 5.69 Å². The van der Waals surface area contributed by atoms with Crippen molar-refractivity contribution in [3.05, 3.63) is 59.5 Å². The van der Waals surface area contributed by atoms with Gasteiger partial charge in [-0.3, -0.25) is 0 Å². The minimum absolute atomic E-state index is 0.215. The average molecular weight is 411 g/mol. The van der Waals surface area contributed by atoms with Gasteiger partial charge in [-0.05, 0) is 62.1 Å². The van der Waals surface area contributed by atoms with Crippen LogP contribution in [0.2, 0.25) is 0 Å². The van der Waals surface area contributed by atoms with E-state index in [2.05, 4.69) is 83.0 Å². The Kier molecular flexibility index (Phi) is 7.61. The first-order chi connectivity index (χ1) is 14.1. The molecule has 1 saturated heterocycles. The summed E-state index contributed by atoms with van der Waals surface area (Å²) in [4.78, 5) is 9.04. The zero-order valence-corrected chi connectivity index (χ0v) is 18.0. The number of hydrogen-bond acceptors (Lipinski definition) is 5. The molecule has 0 bridgehead atoms. The van der Waals surface area contributed by atoms with Gasteiger partial charge < -0.3 is 20.2 Å². The lowest BCUT2D eigenvalue weighted by Crippen LogP contribution is -2.21. The second kappa shape index (κ2) is 10.4. The molecular formula is C23H30N4OS. The number of benzene rings is 2. The highest BCUT2D eigenvalue weighted by Gasteiger charge is 2.19. The van der Waals surface area contributed by atoms with Crippen molar-refractivity contribution in [3.8, 4) is 0 Å². The van der Waals surface area contributed by atoms with Gasteiger partial charge in [-0.25, -0.2) is 4.99 Å². The molecule has 0 aromatic heterocycles. The predicted octanol–water partition coefficient (Wildman–Crippen LogP) is 4.47. The van der Waals surface area contributed by atoms with Crippen LogP contribution in [0.15, 0.2) is 58.9 Å². The number of rotatable bonds is 8. The highest BCUT2D eigenvalue weighted by molar-refractivity contribution is 7.83. The second-order valence-corrected chi connectivity index (χ2v) is 7.33. The highest BCUT2D eigenvalue weighted by atomic mass is 32.1. The number of thiol groups is 1. The summed E-state index contributed by atoms with van der Waals surface area (Å²) in [5, 5.41) is 14.6. The molecule has 6 heteroatoms. The van der Waals surface area contributed by atoms with Crippen LogP contribution in [-0.4, -0.2) is 43.7 Å². The van der Waals surface area contributed by atoms with E-state index >= 15 is 0 Å². The molecule has 5 nitrogen and oxygen atoms in total. The van der Waals surface area contributed by atoms with Crippen LogP contribution < -0.4 is 15.1 Å². The monoisotopic (exact) mass is 410 g/mol. The van der Waals surface area contributed by atoms with Crippen molar-refractivity contribution in [2.24, 2.45) is 4.99 Å². The predicted molar refractivity (Wildman–Crippen MR) is 128 cm³/mol. The maximum atomic E-state index is 9.68. The van der Waals surface area contributed by atoms with E-state index in [4.69, 9.17) is 0 Å². The topological polar surface area (TPSA) is 51.1 Å². The van der Waals surface area contributed by atoms with E-state index < -0.39 is 0 Å². The number of β-amino-alcohol motifs (C(OH)–C–C–N with tert-alkyl or cyclic N) is 1. The van der Waals surface area contributed by atoms with Crippen LogP contribution in [0.3, 0.4) is 0 Å². The maximum Gasteiger partial charge on any atom is 0.0930 e. The fourth-order valence-electron chi connectivity index (χ4n) is 3.54. The lowest BCUT2D eigenvalue weighted by Gasteiger charge is -2.21. The van der Waals surface area contributed by atoms with Crippen molar-refractivity contribution in [3.63, 3.8) is 0 Å². The Morgan fingerprint density at radius 1 is 1.17 bits per heavy atom. The Labute approximate surface area is 179 Å². The summed E-state index contributed by atoms with van der Waals surface area (Å²) >= 11 is 4.32. The van der Waals surface area contributed by atoms with Gasteiger partial charge in [0.2, 0.25) is 0 Å². The molecule has 0 amide bonds. The number of nitrogens with zero attached hydrogens (tertiary/aromatic N) is 3. The lowest BCUT2D eigenvalue weighted by atomic mass is 10.1. The molecule has 0 spiro atoms. The lowest BCUT2D eigenvalue weighted by molar-refractivity contribution is 0.198. The quantitative estimate of drug-likeness (QED) is 0.341. The third-order valence-electron chi connectivity index (χ3n) is 5.24. The number of aliphatic hydroxyl groups excluding tert-OH is 1. The molecule has 0 radical (unpaired) electrons. The third-order valence-corrected chi connectivity index (χ3v) is 5.49. The number of aliphatic imine (C=N–C) groups is 1. The van der Waals surface area contributed by atoms with Crippen molar-refractivity contribution in [2.75, 3.05) is 41.3 Å². The molecule has 1 unspecified atom stereocenters. The van der Waals surface area contributed by atoms with Crippen LogP contribution in [0, 0.1) is 0 Å². The maximum absolute atomic E-state index is 9.68. The van der Waals surface area contributed by atoms with E-state index in [9.17, 15) is 5.11 Å². The highest BCUT2D eigenvalue weighted by Crippen LogP contribution is 2.23. The van der Waals surface area contributed by atoms with Gasteiger partial charge in [-0.1, -0.05) is 12.1 Å². The number of anilines is 3. The zero-order chi connectivity index (χ0) is 20.6. The largest absolute Gasteiger partial charge is 0.391 e. The number of hydrogen-bond donors (Lipinski definition) is 3. The Bertz CT molecular complexity index is 829. The number of nitrogens with one attached hydrogen (secondary N) is 1. The molecule has 1 aliphatic heterocycles. The van der Waals surface area contributed by atoms with E-state index in [0.717, 1.165) is 48.7 Å². The first-order valence-electron chi connectivity index (χ1n) is 10.2. The van der Waals surface area contributed by atoms with Gasteiger partial charge in [0.1, 0.15) is 0 Å². The molecular weight excluding hydrogens is 380 g/mol. The summed E-state index contributed by atoms with van der Waals surface area (Å²) in [6.45, 7) is 7.91. The van der Waals surface area contributed by atoms with Crippen molar-refractivity contribution in [1.82, 2.24) is 0 Å². The van der Waals surface area contributed by atoms with Gasteiger partial charge >= 0.3 is 0 Å². The van der Waals surface area contributed by atoms with Crippen LogP contribution in [0.5, 0.6) is 0 Å². The average Bonchev–Trinajstić information content (AvgIpc) is 3.19. The van der Waals surface area contributed by atoms with E-state index in [1.807, 2.05) is 12.1 Å². The van der Waals surface area contributed by atoms with E-state index in [-0.39, 0.29) is 6.10 Å². The molecule has 154 valence electrons. The summed E-state index contributed by atoms with van der Waals surface area (Å²) in [7, 11) is 0. The number of aliphatic hydroxyl groups is 1. The van der Waals surface area contributed by atoms with Gasteiger partial charge in [0.25, 0.3) is 0 Å². The van der Waals surface area contributed by atoms with Crippen molar-refractivity contribution < 1.29 is 5.11 Å². The molecule has 0 saturated carbocycles. The summed E-state index contributed by atoms with van der Waals surface area (Å²) in [5.41, 5.74) is 5.14. The Morgan fingerprint density at radius 2 is 1.86 bits per heavy atom. The van der Waals surface area contributed by atoms with Crippen molar-refractivity contribution in [2.45, 2.75) is 26.4 Å². The molecule has 1 aliphatic rings. The summed E-state index contributed by atoms with van der Waals surface area (Å²) in [6.07, 6.45) is 2.31. The van der Waals surface area contributed by atoms with Crippen molar-refractivity contribution >= 4 is 41.7 Å². The summed E-state index contributed by atoms with van der Waals surface area (Å²) in [6, 6.07) is 16.6. The van der Waals surface area contributed by atoms with Crippen LogP contribution in [0.1, 0.15) is 25.8 Å². The summed E-state index contributed by atoms with van der Waals surface area (Å²) < 4.78 is 0. The van der Waals surface area contributed by atoms with E-state index in [1.54, 1.807) is 11.7 Å². The van der Waals surface area contributed by atoms with Gasteiger partial charge in [0, 0.05) is 48.8 Å². The smallest absolute Gasteiger partial charge is 0.0930 e. The fraction of sp³-hybridized carbons (Fsp3) is 0.348. The molecule has 1 atom stereocenters. The van der Waals surface area contributed by atoms with Gasteiger partial charge in [-0.2, -0.15) is 0 Å². The van der Waals surface area contributed by atoms with Crippen molar-refractivity contribution in [1.29, 1.82) is 0 Å². The molecule has 1 fully saturated rings. The molecule has 29 heavy (non-hydrogen) atoms. The first-order valence-corrected chi connectivity index (χ1v) is 10.7. The molecule has 3 rings (SSSR count).